The monoisotopic (exact) mass is 457 g/mol. The number of thiazole rings is 1. The summed E-state index contributed by atoms with van der Waals surface area (Å²) >= 11 is 2.89. The molecular weight excluding hydrogens is 434 g/mol. The molecule has 0 unspecified atom stereocenters. The van der Waals surface area contributed by atoms with E-state index < -0.39 is 0 Å². The first-order valence-corrected chi connectivity index (χ1v) is 11.2. The van der Waals surface area contributed by atoms with Gasteiger partial charge in [0.1, 0.15) is 0 Å². The maximum absolute atomic E-state index is 12.3. The second kappa shape index (κ2) is 10.7. The minimum atomic E-state index is -0.307. The summed E-state index contributed by atoms with van der Waals surface area (Å²) in [5, 5.41) is 7.91. The van der Waals surface area contributed by atoms with Crippen LogP contribution in [0.2, 0.25) is 0 Å². The number of allylic oxidation sites excluding steroid dienone is 1. The number of thiophene rings is 1. The number of benzene rings is 1. The Hall–Kier alpha value is -3.17. The third kappa shape index (κ3) is 6.40. The second-order valence-electron chi connectivity index (χ2n) is 6.46. The molecule has 2 amide bonds. The van der Waals surface area contributed by atoms with Gasteiger partial charge in [-0.2, -0.15) is 0 Å². The van der Waals surface area contributed by atoms with Gasteiger partial charge < -0.3 is 14.8 Å². The Morgan fingerprint density at radius 3 is 2.77 bits per heavy atom. The fourth-order valence-corrected chi connectivity index (χ4v) is 4.37. The number of aromatic nitrogens is 1. The zero-order valence-corrected chi connectivity index (χ0v) is 19.1. The van der Waals surface area contributed by atoms with Crippen molar-refractivity contribution in [3.63, 3.8) is 0 Å². The molecule has 1 aromatic carbocycles. The van der Waals surface area contributed by atoms with Gasteiger partial charge in [-0.05, 0) is 36.8 Å². The molecule has 0 saturated carbocycles. The van der Waals surface area contributed by atoms with Gasteiger partial charge in [-0.15, -0.1) is 22.7 Å². The van der Waals surface area contributed by atoms with E-state index in [0.29, 0.717) is 23.2 Å². The number of ether oxygens (including phenoxy) is 2. The predicted molar refractivity (Wildman–Crippen MR) is 125 cm³/mol. The van der Waals surface area contributed by atoms with Gasteiger partial charge in [-0.3, -0.25) is 14.9 Å². The van der Waals surface area contributed by atoms with E-state index in [2.05, 4.69) is 15.6 Å². The van der Waals surface area contributed by atoms with Crippen LogP contribution >= 0.6 is 22.7 Å². The van der Waals surface area contributed by atoms with Crippen LogP contribution in [0.3, 0.4) is 0 Å². The van der Waals surface area contributed by atoms with Crippen molar-refractivity contribution in [1.29, 1.82) is 0 Å². The van der Waals surface area contributed by atoms with E-state index in [9.17, 15) is 9.59 Å². The normalized spacial score (nSPS) is 10.8. The molecular formula is C22H23N3O4S2. The number of anilines is 1. The number of methoxy groups -OCH3 is 1. The molecule has 0 saturated heterocycles. The quantitative estimate of drug-likeness (QED) is 0.491. The highest BCUT2D eigenvalue weighted by Crippen LogP contribution is 2.31. The molecule has 0 bridgehead atoms. The lowest BCUT2D eigenvalue weighted by atomic mass is 10.2. The molecule has 0 aliphatic heterocycles. The molecule has 0 fully saturated rings. The maximum Gasteiger partial charge on any atom is 0.264 e. The number of nitrogens with one attached hydrogen (secondary N) is 2. The molecule has 0 atom stereocenters. The first-order valence-electron chi connectivity index (χ1n) is 9.51. The first-order chi connectivity index (χ1) is 15.0. The van der Waals surface area contributed by atoms with E-state index in [-0.39, 0.29) is 18.4 Å². The minimum absolute atomic E-state index is 0.0674. The van der Waals surface area contributed by atoms with Gasteiger partial charge in [0.25, 0.3) is 5.91 Å². The zero-order valence-electron chi connectivity index (χ0n) is 17.4. The fraction of sp³-hybridized carbons (Fsp3) is 0.227. The van der Waals surface area contributed by atoms with E-state index in [4.69, 9.17) is 9.47 Å². The number of hydrogen-bond acceptors (Lipinski definition) is 7. The maximum atomic E-state index is 12.3. The molecule has 31 heavy (non-hydrogen) atoms. The number of rotatable bonds is 9. The van der Waals surface area contributed by atoms with Crippen LogP contribution in [0.1, 0.15) is 24.3 Å². The van der Waals surface area contributed by atoms with Crippen LogP contribution in [-0.4, -0.2) is 30.5 Å². The Morgan fingerprint density at radius 2 is 2.03 bits per heavy atom. The molecule has 3 rings (SSSR count). The van der Waals surface area contributed by atoms with Crippen LogP contribution in [0.15, 0.2) is 41.8 Å². The summed E-state index contributed by atoms with van der Waals surface area (Å²) in [5.41, 5.74) is 1.77. The summed E-state index contributed by atoms with van der Waals surface area (Å²) in [6, 6.07) is 9.43. The number of carbonyl (C=O) groups excluding carboxylic acids is 2. The Labute approximate surface area is 188 Å². The number of amides is 2. The highest BCUT2D eigenvalue weighted by molar-refractivity contribution is 7.17. The lowest BCUT2D eigenvalue weighted by molar-refractivity contribution is -0.119. The summed E-state index contributed by atoms with van der Waals surface area (Å²) in [6.07, 6.45) is 3.89. The Morgan fingerprint density at radius 1 is 1.19 bits per heavy atom. The van der Waals surface area contributed by atoms with E-state index in [1.54, 1.807) is 24.5 Å². The van der Waals surface area contributed by atoms with E-state index in [0.717, 1.165) is 21.0 Å². The van der Waals surface area contributed by atoms with E-state index in [1.165, 1.54) is 18.3 Å². The van der Waals surface area contributed by atoms with Crippen LogP contribution in [0.25, 0.3) is 16.6 Å². The van der Waals surface area contributed by atoms with Crippen LogP contribution in [0.5, 0.6) is 11.5 Å². The number of carbonyl (C=O) groups is 2. The standard InChI is InChI=1S/C22H23N3O4S2/c1-4-5-15-6-8-18(19(10-15)28-3)29-12-21(27)25-22-24-17(13-30-22)20-9-7-16(31-20)11-23-14(2)26/h4-10,13H,11-12H2,1-3H3,(H,23,26)(H,24,25,27)/b5-4+. The molecule has 162 valence electrons. The van der Waals surface area contributed by atoms with Gasteiger partial charge in [0, 0.05) is 17.2 Å². The van der Waals surface area contributed by atoms with Gasteiger partial charge in [0.05, 0.1) is 24.2 Å². The van der Waals surface area contributed by atoms with Gasteiger partial charge in [0.2, 0.25) is 5.91 Å². The molecule has 0 aliphatic rings. The number of hydrogen-bond donors (Lipinski definition) is 2. The lowest BCUT2D eigenvalue weighted by Crippen LogP contribution is -2.20. The van der Waals surface area contributed by atoms with Crippen LogP contribution in [0, 0.1) is 0 Å². The molecule has 7 nitrogen and oxygen atoms in total. The SMILES string of the molecule is C/C=C/c1ccc(OCC(=O)Nc2nc(-c3ccc(CNC(C)=O)s3)cs2)c(OC)c1. The lowest BCUT2D eigenvalue weighted by Gasteiger charge is -2.11. The summed E-state index contributed by atoms with van der Waals surface area (Å²) in [6.45, 7) is 3.76. The molecule has 2 heterocycles. The summed E-state index contributed by atoms with van der Waals surface area (Å²) in [4.78, 5) is 29.8. The highest BCUT2D eigenvalue weighted by Gasteiger charge is 2.12. The molecule has 0 radical (unpaired) electrons. The molecule has 2 aromatic heterocycles. The smallest absolute Gasteiger partial charge is 0.264 e. The third-order valence-electron chi connectivity index (χ3n) is 4.08. The molecule has 0 aliphatic carbocycles. The molecule has 0 spiro atoms. The average molecular weight is 458 g/mol. The number of nitrogens with zero attached hydrogens (tertiary/aromatic N) is 1. The minimum Gasteiger partial charge on any atom is -0.493 e. The van der Waals surface area contributed by atoms with Crippen molar-refractivity contribution < 1.29 is 19.1 Å². The highest BCUT2D eigenvalue weighted by atomic mass is 32.1. The molecule has 3 aromatic rings. The van der Waals surface area contributed by atoms with E-state index >= 15 is 0 Å². The predicted octanol–water partition coefficient (Wildman–Crippen LogP) is 4.57. The fourth-order valence-electron chi connectivity index (χ4n) is 2.66. The first kappa shape index (κ1) is 22.5. The Bertz CT molecular complexity index is 1090. The van der Waals surface area contributed by atoms with Gasteiger partial charge in [0.15, 0.2) is 23.2 Å². The Balaban J connectivity index is 1.56. The van der Waals surface area contributed by atoms with Gasteiger partial charge in [-0.25, -0.2) is 4.98 Å². The van der Waals surface area contributed by atoms with Crippen molar-refractivity contribution in [2.45, 2.75) is 20.4 Å². The van der Waals surface area contributed by atoms with Crippen LogP contribution in [-0.2, 0) is 16.1 Å². The van der Waals surface area contributed by atoms with Crippen molar-refractivity contribution in [2.24, 2.45) is 0 Å². The zero-order chi connectivity index (χ0) is 22.2. The van der Waals surface area contributed by atoms with Crippen molar-refractivity contribution in [2.75, 3.05) is 19.0 Å². The van der Waals surface area contributed by atoms with Crippen molar-refractivity contribution in [1.82, 2.24) is 10.3 Å². The second-order valence-corrected chi connectivity index (χ2v) is 8.49. The summed E-state index contributed by atoms with van der Waals surface area (Å²) in [5.74, 6) is 0.684. The molecule has 9 heteroatoms. The van der Waals surface area contributed by atoms with Crippen molar-refractivity contribution in [3.05, 3.63) is 52.2 Å². The Kier molecular flexibility index (Phi) is 7.80. The van der Waals surface area contributed by atoms with Crippen LogP contribution in [0.4, 0.5) is 5.13 Å². The summed E-state index contributed by atoms with van der Waals surface area (Å²) < 4.78 is 11.0. The molecule has 2 N–H and O–H groups in total. The van der Waals surface area contributed by atoms with Crippen molar-refractivity contribution in [3.8, 4) is 22.1 Å². The van der Waals surface area contributed by atoms with Crippen LogP contribution < -0.4 is 20.1 Å². The third-order valence-corrected chi connectivity index (χ3v) is 5.95. The van der Waals surface area contributed by atoms with Gasteiger partial charge >= 0.3 is 0 Å². The summed E-state index contributed by atoms with van der Waals surface area (Å²) in [7, 11) is 1.56. The topological polar surface area (TPSA) is 89.5 Å². The van der Waals surface area contributed by atoms with Crippen molar-refractivity contribution >= 4 is 45.7 Å². The largest absolute Gasteiger partial charge is 0.493 e. The van der Waals surface area contributed by atoms with Gasteiger partial charge in [-0.1, -0.05) is 18.2 Å². The van der Waals surface area contributed by atoms with E-state index in [1.807, 2.05) is 48.7 Å². The average Bonchev–Trinajstić information content (AvgIpc) is 3.41.